The molecule has 0 aromatic carbocycles. The van der Waals surface area contributed by atoms with E-state index < -0.39 is 0 Å². The fourth-order valence-electron chi connectivity index (χ4n) is 0.453. The molecular formula is C6H16INO. The van der Waals surface area contributed by atoms with Gasteiger partial charge < -0.3 is 33.6 Å². The number of nitrogens with one attached hydrogen (secondary N) is 1. The summed E-state index contributed by atoms with van der Waals surface area (Å²) in [4.78, 5) is 1.52. The Morgan fingerprint density at radius 2 is 2.00 bits per heavy atom. The van der Waals surface area contributed by atoms with Gasteiger partial charge in [-0.1, -0.05) is 0 Å². The first-order valence-electron chi connectivity index (χ1n) is 3.11. The molecule has 1 unspecified atom stereocenters. The summed E-state index contributed by atoms with van der Waals surface area (Å²) in [7, 11) is 3.90. The van der Waals surface area contributed by atoms with Gasteiger partial charge in [-0.2, -0.15) is 0 Å². The monoisotopic (exact) mass is 245 g/mol. The van der Waals surface area contributed by atoms with Crippen molar-refractivity contribution < 1.29 is 33.6 Å². The molecule has 0 bridgehead atoms. The van der Waals surface area contributed by atoms with Gasteiger partial charge in [-0.05, 0) is 6.92 Å². The van der Waals surface area contributed by atoms with E-state index in [1.54, 1.807) is 7.11 Å². The minimum Gasteiger partial charge on any atom is -1.00 e. The Morgan fingerprint density at radius 3 is 2.33 bits per heavy atom. The molecule has 9 heavy (non-hydrogen) atoms. The maximum atomic E-state index is 4.89. The van der Waals surface area contributed by atoms with Crippen LogP contribution in [-0.4, -0.2) is 33.9 Å². The van der Waals surface area contributed by atoms with Gasteiger partial charge in [0.25, 0.3) is 0 Å². The maximum Gasteiger partial charge on any atom is 0.101 e. The van der Waals surface area contributed by atoms with Gasteiger partial charge in [0.05, 0.1) is 20.2 Å². The molecule has 0 aromatic heterocycles. The molecule has 0 spiro atoms. The molecular weight excluding hydrogens is 229 g/mol. The summed E-state index contributed by atoms with van der Waals surface area (Å²) in [5, 5.41) is 0. The Bertz CT molecular complexity index is 52.3. The second-order valence-electron chi connectivity index (χ2n) is 2.05. The number of methoxy groups -OCH3 is 1. The third-order valence-corrected chi connectivity index (χ3v) is 1.34. The Balaban J connectivity index is 0. The Labute approximate surface area is 74.6 Å². The van der Waals surface area contributed by atoms with Crippen LogP contribution in [0.2, 0.25) is 0 Å². The minimum atomic E-state index is 0. The molecule has 0 radical (unpaired) electrons. The van der Waals surface area contributed by atoms with Crippen LogP contribution in [0.1, 0.15) is 6.92 Å². The van der Waals surface area contributed by atoms with Crippen LogP contribution in [-0.2, 0) is 4.74 Å². The van der Waals surface area contributed by atoms with E-state index in [4.69, 9.17) is 4.74 Å². The van der Waals surface area contributed by atoms with E-state index in [9.17, 15) is 0 Å². The lowest BCUT2D eigenvalue weighted by Crippen LogP contribution is -3.09. The first-order valence-corrected chi connectivity index (χ1v) is 3.11. The molecule has 0 aliphatic heterocycles. The normalized spacial score (nSPS) is 12.3. The van der Waals surface area contributed by atoms with Gasteiger partial charge in [0.15, 0.2) is 0 Å². The summed E-state index contributed by atoms with van der Waals surface area (Å²) in [5.74, 6) is 0. The number of quaternary nitrogens is 1. The van der Waals surface area contributed by atoms with Crippen molar-refractivity contribution in [2.45, 2.75) is 6.92 Å². The molecule has 0 rings (SSSR count). The molecule has 0 aliphatic carbocycles. The van der Waals surface area contributed by atoms with E-state index in [0.717, 1.165) is 13.2 Å². The number of hydrogen-bond acceptors (Lipinski definition) is 1. The Morgan fingerprint density at radius 1 is 1.44 bits per heavy atom. The van der Waals surface area contributed by atoms with Crippen molar-refractivity contribution in [3.8, 4) is 0 Å². The summed E-state index contributed by atoms with van der Waals surface area (Å²) >= 11 is 0. The fraction of sp³-hybridized carbons (Fsp3) is 1.00. The van der Waals surface area contributed by atoms with Gasteiger partial charge in [0, 0.05) is 7.11 Å². The largest absolute Gasteiger partial charge is 1.00 e. The molecule has 1 N–H and O–H groups in total. The van der Waals surface area contributed by atoms with Crippen molar-refractivity contribution in [1.82, 2.24) is 0 Å². The number of rotatable bonds is 4. The highest BCUT2D eigenvalue weighted by Crippen LogP contribution is 1.55. The van der Waals surface area contributed by atoms with Gasteiger partial charge in [0.1, 0.15) is 6.54 Å². The Kier molecular flexibility index (Phi) is 11.9. The third kappa shape index (κ3) is 8.65. The molecule has 0 heterocycles. The predicted molar refractivity (Wildman–Crippen MR) is 34.2 cm³/mol. The fourth-order valence-corrected chi connectivity index (χ4v) is 0.453. The molecule has 3 heteroatoms. The first kappa shape index (κ1) is 12.3. The van der Waals surface area contributed by atoms with Crippen LogP contribution in [0.25, 0.3) is 0 Å². The van der Waals surface area contributed by atoms with E-state index in [1.165, 1.54) is 11.4 Å². The zero-order chi connectivity index (χ0) is 6.41. The Hall–Kier alpha value is 0.650. The summed E-state index contributed by atoms with van der Waals surface area (Å²) < 4.78 is 4.89. The second kappa shape index (κ2) is 8.65. The highest BCUT2D eigenvalue weighted by molar-refractivity contribution is 4.18. The van der Waals surface area contributed by atoms with Gasteiger partial charge in [-0.3, -0.25) is 0 Å². The quantitative estimate of drug-likeness (QED) is 0.501. The van der Waals surface area contributed by atoms with Crippen molar-refractivity contribution >= 4 is 0 Å². The van der Waals surface area contributed by atoms with E-state index in [0.29, 0.717) is 0 Å². The first-order chi connectivity index (χ1) is 3.81. The standard InChI is InChI=1S/C6H15NO.HI/c1-4-7(2)5-6-8-3;/h4-6H2,1-3H3;1H. The zero-order valence-corrected chi connectivity index (χ0v) is 8.57. The van der Waals surface area contributed by atoms with Crippen LogP contribution in [0.5, 0.6) is 0 Å². The predicted octanol–water partition coefficient (Wildman–Crippen LogP) is -3.83. The zero-order valence-electron chi connectivity index (χ0n) is 6.41. The highest BCUT2D eigenvalue weighted by atomic mass is 127. The van der Waals surface area contributed by atoms with Gasteiger partial charge >= 0.3 is 0 Å². The van der Waals surface area contributed by atoms with E-state index in [1.807, 2.05) is 0 Å². The van der Waals surface area contributed by atoms with Crippen LogP contribution in [0.3, 0.4) is 0 Å². The van der Waals surface area contributed by atoms with Crippen LogP contribution < -0.4 is 28.9 Å². The molecule has 58 valence electrons. The van der Waals surface area contributed by atoms with Gasteiger partial charge in [-0.25, -0.2) is 0 Å². The van der Waals surface area contributed by atoms with E-state index in [2.05, 4.69) is 14.0 Å². The van der Waals surface area contributed by atoms with Crippen molar-refractivity contribution in [3.05, 3.63) is 0 Å². The molecule has 1 atom stereocenters. The lowest BCUT2D eigenvalue weighted by Gasteiger charge is -2.08. The highest BCUT2D eigenvalue weighted by Gasteiger charge is 1.93. The number of halogens is 1. The SMILES string of the molecule is CC[NH+](C)CCOC.[I-]. The van der Waals surface area contributed by atoms with E-state index >= 15 is 0 Å². The molecule has 0 aromatic rings. The summed E-state index contributed by atoms with van der Waals surface area (Å²) in [6, 6.07) is 0. The molecule has 0 fully saturated rings. The van der Waals surface area contributed by atoms with E-state index in [-0.39, 0.29) is 24.0 Å². The third-order valence-electron chi connectivity index (χ3n) is 1.34. The van der Waals surface area contributed by atoms with Crippen LogP contribution >= 0.6 is 0 Å². The number of likely N-dealkylation sites (N-methyl/N-ethyl adjacent to an activating group) is 1. The second-order valence-corrected chi connectivity index (χ2v) is 2.05. The molecule has 0 saturated heterocycles. The lowest BCUT2D eigenvalue weighted by atomic mass is 10.5. The smallest absolute Gasteiger partial charge is 0.101 e. The van der Waals surface area contributed by atoms with Gasteiger partial charge in [-0.15, -0.1) is 0 Å². The number of hydrogen-bond donors (Lipinski definition) is 1. The maximum absolute atomic E-state index is 4.89. The summed E-state index contributed by atoms with van der Waals surface area (Å²) in [6.45, 7) is 5.35. The molecule has 0 saturated carbocycles. The van der Waals surface area contributed by atoms with Crippen LogP contribution in [0, 0.1) is 0 Å². The summed E-state index contributed by atoms with van der Waals surface area (Å²) in [6.07, 6.45) is 0. The van der Waals surface area contributed by atoms with Crippen molar-refractivity contribution in [1.29, 1.82) is 0 Å². The average molecular weight is 245 g/mol. The van der Waals surface area contributed by atoms with Crippen molar-refractivity contribution in [2.75, 3.05) is 33.9 Å². The van der Waals surface area contributed by atoms with Crippen molar-refractivity contribution in [2.24, 2.45) is 0 Å². The van der Waals surface area contributed by atoms with Gasteiger partial charge in [0.2, 0.25) is 0 Å². The molecule has 0 aliphatic rings. The minimum absolute atomic E-state index is 0. The topological polar surface area (TPSA) is 13.7 Å². The van der Waals surface area contributed by atoms with Crippen LogP contribution in [0.4, 0.5) is 0 Å². The van der Waals surface area contributed by atoms with Crippen LogP contribution in [0.15, 0.2) is 0 Å². The summed E-state index contributed by atoms with van der Waals surface area (Å²) in [5.41, 5.74) is 0. The average Bonchev–Trinajstić information content (AvgIpc) is 1.83. The molecule has 0 amide bonds. The lowest BCUT2D eigenvalue weighted by molar-refractivity contribution is -0.878. The number of ether oxygens (including phenoxy) is 1. The molecule has 2 nitrogen and oxygen atoms in total. The van der Waals surface area contributed by atoms with Crippen molar-refractivity contribution in [3.63, 3.8) is 0 Å².